The lowest BCUT2D eigenvalue weighted by Gasteiger charge is -2.09. The van der Waals surface area contributed by atoms with Crippen LogP contribution in [0.1, 0.15) is 18.1 Å². The molecule has 0 fully saturated rings. The molecular formula is C9H10N2O2. The number of ether oxygens (including phenoxy) is 1. The van der Waals surface area contributed by atoms with E-state index in [1.165, 1.54) is 7.11 Å². The van der Waals surface area contributed by atoms with Gasteiger partial charge < -0.3 is 9.84 Å². The van der Waals surface area contributed by atoms with Gasteiger partial charge in [-0.2, -0.15) is 5.26 Å². The van der Waals surface area contributed by atoms with Gasteiger partial charge in [0, 0.05) is 11.8 Å². The van der Waals surface area contributed by atoms with Crippen LogP contribution in [-0.4, -0.2) is 17.2 Å². The average Bonchev–Trinajstić information content (AvgIpc) is 2.18. The van der Waals surface area contributed by atoms with Crippen LogP contribution in [0, 0.1) is 11.3 Å². The molecule has 0 aliphatic carbocycles. The van der Waals surface area contributed by atoms with Gasteiger partial charge in [0.2, 0.25) is 5.88 Å². The standard InChI is InChI=1S/C9H10N2O2/c1-13-9-7(3-2-6-11-9)8(12)4-5-10/h2-3,6,8,12H,4H2,1H3. The van der Waals surface area contributed by atoms with Crippen molar-refractivity contribution in [3.63, 3.8) is 0 Å². The zero-order valence-electron chi connectivity index (χ0n) is 7.27. The number of nitriles is 1. The summed E-state index contributed by atoms with van der Waals surface area (Å²) in [5, 5.41) is 17.9. The van der Waals surface area contributed by atoms with Crippen molar-refractivity contribution in [3.05, 3.63) is 23.9 Å². The van der Waals surface area contributed by atoms with Crippen LogP contribution in [0.25, 0.3) is 0 Å². The first-order chi connectivity index (χ1) is 6.29. The summed E-state index contributed by atoms with van der Waals surface area (Å²) in [5.41, 5.74) is 0.548. The fourth-order valence-corrected chi connectivity index (χ4v) is 1.02. The number of hydrogen-bond acceptors (Lipinski definition) is 4. The molecule has 1 aromatic rings. The molecule has 0 bridgehead atoms. The number of hydrogen-bond donors (Lipinski definition) is 1. The SMILES string of the molecule is COc1ncccc1C(O)CC#N. The lowest BCUT2D eigenvalue weighted by molar-refractivity contribution is 0.177. The molecule has 1 aromatic heterocycles. The fraction of sp³-hybridized carbons (Fsp3) is 0.333. The van der Waals surface area contributed by atoms with Gasteiger partial charge >= 0.3 is 0 Å². The Kier molecular flexibility index (Phi) is 3.23. The lowest BCUT2D eigenvalue weighted by atomic mass is 10.1. The predicted molar refractivity (Wildman–Crippen MR) is 46.0 cm³/mol. The molecule has 0 aliphatic rings. The van der Waals surface area contributed by atoms with Crippen molar-refractivity contribution in [2.45, 2.75) is 12.5 Å². The van der Waals surface area contributed by atoms with Crippen LogP contribution >= 0.6 is 0 Å². The highest BCUT2D eigenvalue weighted by molar-refractivity contribution is 5.28. The Bertz CT molecular complexity index is 320. The van der Waals surface area contributed by atoms with E-state index in [2.05, 4.69) is 4.98 Å². The van der Waals surface area contributed by atoms with Crippen molar-refractivity contribution >= 4 is 0 Å². The Morgan fingerprint density at radius 1 is 1.77 bits per heavy atom. The van der Waals surface area contributed by atoms with Crippen molar-refractivity contribution in [3.8, 4) is 11.9 Å². The highest BCUT2D eigenvalue weighted by Crippen LogP contribution is 2.23. The molecule has 1 atom stereocenters. The van der Waals surface area contributed by atoms with E-state index in [-0.39, 0.29) is 6.42 Å². The summed E-state index contributed by atoms with van der Waals surface area (Å²) in [6, 6.07) is 5.27. The minimum atomic E-state index is -0.825. The number of aromatic nitrogens is 1. The molecule has 0 radical (unpaired) electrons. The van der Waals surface area contributed by atoms with Gasteiger partial charge in [0.1, 0.15) is 0 Å². The minimum absolute atomic E-state index is 0.0437. The van der Waals surface area contributed by atoms with Gasteiger partial charge in [0.05, 0.1) is 25.7 Å². The van der Waals surface area contributed by atoms with Gasteiger partial charge in [-0.25, -0.2) is 4.98 Å². The Morgan fingerprint density at radius 3 is 3.15 bits per heavy atom. The van der Waals surface area contributed by atoms with E-state index < -0.39 is 6.10 Å². The van der Waals surface area contributed by atoms with Crippen molar-refractivity contribution in [2.75, 3.05) is 7.11 Å². The first-order valence-corrected chi connectivity index (χ1v) is 3.83. The molecule has 1 heterocycles. The zero-order valence-corrected chi connectivity index (χ0v) is 7.27. The Labute approximate surface area is 76.4 Å². The Hall–Kier alpha value is -1.60. The van der Waals surface area contributed by atoms with Crippen molar-refractivity contribution in [1.82, 2.24) is 4.98 Å². The van der Waals surface area contributed by atoms with Crippen molar-refractivity contribution in [1.29, 1.82) is 5.26 Å². The summed E-state index contributed by atoms with van der Waals surface area (Å²) in [4.78, 5) is 3.91. The summed E-state index contributed by atoms with van der Waals surface area (Å²) in [6.45, 7) is 0. The highest BCUT2D eigenvalue weighted by atomic mass is 16.5. The molecule has 68 valence electrons. The third kappa shape index (κ3) is 2.17. The Balaban J connectivity index is 2.93. The molecule has 0 saturated carbocycles. The molecule has 0 aliphatic heterocycles. The molecule has 13 heavy (non-hydrogen) atoms. The van der Waals surface area contributed by atoms with E-state index in [0.29, 0.717) is 11.4 Å². The third-order valence-electron chi connectivity index (χ3n) is 1.64. The third-order valence-corrected chi connectivity index (χ3v) is 1.64. The van der Waals surface area contributed by atoms with Gasteiger partial charge in [-0.15, -0.1) is 0 Å². The van der Waals surface area contributed by atoms with Crippen LogP contribution in [0.5, 0.6) is 5.88 Å². The molecule has 0 aromatic carbocycles. The summed E-state index contributed by atoms with van der Waals surface area (Å²) in [7, 11) is 1.48. The Morgan fingerprint density at radius 2 is 2.54 bits per heavy atom. The van der Waals surface area contributed by atoms with Crippen LogP contribution in [0.15, 0.2) is 18.3 Å². The van der Waals surface area contributed by atoms with E-state index in [1.54, 1.807) is 18.3 Å². The number of methoxy groups -OCH3 is 1. The molecular weight excluding hydrogens is 168 g/mol. The molecule has 0 saturated heterocycles. The second-order valence-electron chi connectivity index (χ2n) is 2.48. The topological polar surface area (TPSA) is 66.1 Å². The van der Waals surface area contributed by atoms with Crippen molar-refractivity contribution in [2.24, 2.45) is 0 Å². The zero-order chi connectivity index (χ0) is 9.68. The largest absolute Gasteiger partial charge is 0.481 e. The number of nitrogens with zero attached hydrogens (tertiary/aromatic N) is 2. The van der Waals surface area contributed by atoms with E-state index in [4.69, 9.17) is 10.00 Å². The monoisotopic (exact) mass is 178 g/mol. The van der Waals surface area contributed by atoms with E-state index in [9.17, 15) is 5.11 Å². The van der Waals surface area contributed by atoms with Crippen LogP contribution in [-0.2, 0) is 0 Å². The predicted octanol–water partition coefficient (Wildman–Crippen LogP) is 1.04. The number of rotatable bonds is 3. The van der Waals surface area contributed by atoms with E-state index in [1.807, 2.05) is 6.07 Å². The molecule has 1 unspecified atom stereocenters. The van der Waals surface area contributed by atoms with Crippen LogP contribution < -0.4 is 4.74 Å². The van der Waals surface area contributed by atoms with Gasteiger partial charge in [-0.3, -0.25) is 0 Å². The van der Waals surface area contributed by atoms with Crippen LogP contribution in [0.4, 0.5) is 0 Å². The maximum Gasteiger partial charge on any atom is 0.218 e. The normalized spacial score (nSPS) is 11.8. The average molecular weight is 178 g/mol. The maximum atomic E-state index is 9.49. The molecule has 0 amide bonds. The number of aliphatic hydroxyl groups excluding tert-OH is 1. The smallest absolute Gasteiger partial charge is 0.218 e. The second kappa shape index (κ2) is 4.43. The molecule has 4 heteroatoms. The molecule has 1 N–H and O–H groups in total. The summed E-state index contributed by atoms with van der Waals surface area (Å²) >= 11 is 0. The fourth-order valence-electron chi connectivity index (χ4n) is 1.02. The number of aliphatic hydroxyl groups is 1. The van der Waals surface area contributed by atoms with Gasteiger partial charge in [0.25, 0.3) is 0 Å². The molecule has 0 spiro atoms. The summed E-state index contributed by atoms with van der Waals surface area (Å²) in [5.74, 6) is 0.366. The second-order valence-corrected chi connectivity index (χ2v) is 2.48. The van der Waals surface area contributed by atoms with Gasteiger partial charge in [-0.05, 0) is 12.1 Å². The van der Waals surface area contributed by atoms with Crippen molar-refractivity contribution < 1.29 is 9.84 Å². The lowest BCUT2D eigenvalue weighted by Crippen LogP contribution is -2.00. The quantitative estimate of drug-likeness (QED) is 0.750. The van der Waals surface area contributed by atoms with E-state index >= 15 is 0 Å². The van der Waals surface area contributed by atoms with Crippen LogP contribution in [0.2, 0.25) is 0 Å². The summed E-state index contributed by atoms with van der Waals surface area (Å²) in [6.07, 6.45) is 0.789. The minimum Gasteiger partial charge on any atom is -0.481 e. The van der Waals surface area contributed by atoms with E-state index in [0.717, 1.165) is 0 Å². The van der Waals surface area contributed by atoms with Crippen LogP contribution in [0.3, 0.4) is 0 Å². The first-order valence-electron chi connectivity index (χ1n) is 3.83. The summed E-state index contributed by atoms with van der Waals surface area (Å²) < 4.78 is 4.93. The number of pyridine rings is 1. The molecule has 4 nitrogen and oxygen atoms in total. The maximum absolute atomic E-state index is 9.49. The van der Waals surface area contributed by atoms with Gasteiger partial charge in [-0.1, -0.05) is 0 Å². The highest BCUT2D eigenvalue weighted by Gasteiger charge is 2.12. The molecule has 1 rings (SSSR count). The first kappa shape index (κ1) is 9.49. The van der Waals surface area contributed by atoms with Gasteiger partial charge in [0.15, 0.2) is 0 Å².